The number of para-hydroxylation sites is 1. The normalized spacial score (nSPS) is 10.9. The van der Waals surface area contributed by atoms with Gasteiger partial charge in [-0.1, -0.05) is 12.1 Å². The first kappa shape index (κ1) is 12.6. The van der Waals surface area contributed by atoms with Crippen molar-refractivity contribution in [3.8, 4) is 0 Å². The van der Waals surface area contributed by atoms with Gasteiger partial charge >= 0.3 is 11.4 Å². The number of ether oxygens (including phenoxy) is 1. The van der Waals surface area contributed by atoms with E-state index < -0.39 is 11.4 Å². The molecule has 0 saturated carbocycles. The third-order valence-electron chi connectivity index (χ3n) is 2.69. The van der Waals surface area contributed by atoms with Crippen LogP contribution in [0.1, 0.15) is 13.3 Å². The molecule has 2 rings (SSSR count). The van der Waals surface area contributed by atoms with Crippen LogP contribution in [0.5, 0.6) is 0 Å². The second kappa shape index (κ2) is 5.64. The van der Waals surface area contributed by atoms with Crippen molar-refractivity contribution in [3.05, 3.63) is 45.2 Å². The summed E-state index contributed by atoms with van der Waals surface area (Å²) in [4.78, 5) is 23.2. The van der Waals surface area contributed by atoms with Crippen LogP contribution in [0.15, 0.2) is 38.3 Å². The van der Waals surface area contributed by atoms with Crippen LogP contribution in [0.25, 0.3) is 10.9 Å². The molecule has 5 nitrogen and oxygen atoms in total. The van der Waals surface area contributed by atoms with Crippen molar-refractivity contribution in [1.29, 1.82) is 0 Å². The summed E-state index contributed by atoms with van der Waals surface area (Å²) in [7, 11) is 0. The van der Waals surface area contributed by atoms with Crippen LogP contribution >= 0.6 is 0 Å². The summed E-state index contributed by atoms with van der Waals surface area (Å²) in [5.41, 5.74) is 0.0203. The van der Waals surface area contributed by atoms with E-state index in [1.165, 1.54) is 4.57 Å². The molecular formula is C13H15NO4. The van der Waals surface area contributed by atoms with E-state index in [2.05, 4.69) is 4.42 Å². The molecule has 0 saturated heterocycles. The average Bonchev–Trinajstić information content (AvgIpc) is 2.38. The van der Waals surface area contributed by atoms with Gasteiger partial charge < -0.3 is 9.15 Å². The summed E-state index contributed by atoms with van der Waals surface area (Å²) in [6.07, 6.45) is 0.700. The lowest BCUT2D eigenvalue weighted by atomic mass is 10.2. The Hall–Kier alpha value is -1.88. The van der Waals surface area contributed by atoms with E-state index in [4.69, 9.17) is 4.74 Å². The Morgan fingerprint density at radius 1 is 1.28 bits per heavy atom. The highest BCUT2D eigenvalue weighted by atomic mass is 16.5. The van der Waals surface area contributed by atoms with E-state index in [-0.39, 0.29) is 0 Å². The van der Waals surface area contributed by atoms with Crippen molar-refractivity contribution >= 4 is 10.9 Å². The number of hydrogen-bond acceptors (Lipinski definition) is 4. The Morgan fingerprint density at radius 2 is 2.06 bits per heavy atom. The summed E-state index contributed by atoms with van der Waals surface area (Å²) in [6, 6.07) is 6.93. The van der Waals surface area contributed by atoms with Crippen molar-refractivity contribution in [2.45, 2.75) is 19.9 Å². The fraction of sp³-hybridized carbons (Fsp3) is 0.385. The molecule has 0 aliphatic carbocycles. The molecule has 0 aliphatic heterocycles. The summed E-state index contributed by atoms with van der Waals surface area (Å²) in [5.74, 6) is -0.616. The number of fused-ring (bicyclic) bond motifs is 1. The van der Waals surface area contributed by atoms with Gasteiger partial charge in [0.2, 0.25) is 0 Å². The van der Waals surface area contributed by atoms with Gasteiger partial charge in [-0.15, -0.1) is 0 Å². The topological polar surface area (TPSA) is 61.4 Å². The van der Waals surface area contributed by atoms with Crippen molar-refractivity contribution in [1.82, 2.24) is 4.57 Å². The van der Waals surface area contributed by atoms with Gasteiger partial charge in [-0.25, -0.2) is 9.59 Å². The van der Waals surface area contributed by atoms with Crippen LogP contribution in [-0.2, 0) is 11.3 Å². The maximum Gasteiger partial charge on any atom is 0.422 e. The van der Waals surface area contributed by atoms with E-state index in [1.54, 1.807) is 24.3 Å². The van der Waals surface area contributed by atoms with Crippen molar-refractivity contribution in [3.63, 3.8) is 0 Å². The number of hydrogen-bond donors (Lipinski definition) is 0. The van der Waals surface area contributed by atoms with E-state index in [0.29, 0.717) is 37.1 Å². The van der Waals surface area contributed by atoms with Crippen LogP contribution in [0.2, 0.25) is 0 Å². The second-order valence-corrected chi connectivity index (χ2v) is 3.87. The number of rotatable bonds is 5. The molecule has 1 heterocycles. The zero-order chi connectivity index (χ0) is 13.0. The van der Waals surface area contributed by atoms with Crippen LogP contribution in [0.4, 0.5) is 0 Å². The van der Waals surface area contributed by atoms with Crippen LogP contribution in [-0.4, -0.2) is 17.8 Å². The number of nitrogens with zero attached hydrogens (tertiary/aromatic N) is 1. The first-order valence-electron chi connectivity index (χ1n) is 5.94. The third kappa shape index (κ3) is 2.51. The lowest BCUT2D eigenvalue weighted by Gasteiger charge is -2.07. The van der Waals surface area contributed by atoms with Crippen LogP contribution in [0, 0.1) is 0 Å². The fourth-order valence-electron chi connectivity index (χ4n) is 1.85. The van der Waals surface area contributed by atoms with Gasteiger partial charge in [-0.3, -0.25) is 4.57 Å². The third-order valence-corrected chi connectivity index (χ3v) is 2.69. The van der Waals surface area contributed by atoms with Gasteiger partial charge in [0, 0.05) is 19.8 Å². The molecule has 1 aromatic carbocycles. The summed E-state index contributed by atoms with van der Waals surface area (Å²) >= 11 is 0. The predicted octanol–water partition coefficient (Wildman–Crippen LogP) is 1.38. The van der Waals surface area contributed by atoms with Crippen LogP contribution < -0.4 is 11.4 Å². The maximum absolute atomic E-state index is 11.7. The lowest BCUT2D eigenvalue weighted by Crippen LogP contribution is -2.25. The molecule has 96 valence electrons. The van der Waals surface area contributed by atoms with Crippen molar-refractivity contribution in [2.75, 3.05) is 13.2 Å². The Bertz CT molecular complexity index is 641. The molecular weight excluding hydrogens is 234 g/mol. The minimum Gasteiger partial charge on any atom is -0.382 e. The minimum absolute atomic E-state index is 0.425. The molecule has 2 aromatic rings. The van der Waals surface area contributed by atoms with E-state index in [9.17, 15) is 9.59 Å². The Labute approximate surface area is 104 Å². The average molecular weight is 249 g/mol. The molecule has 0 N–H and O–H groups in total. The zero-order valence-corrected chi connectivity index (χ0v) is 10.2. The second-order valence-electron chi connectivity index (χ2n) is 3.87. The quantitative estimate of drug-likeness (QED) is 0.751. The van der Waals surface area contributed by atoms with E-state index in [1.807, 2.05) is 6.92 Å². The number of aryl methyl sites for hydroxylation is 1. The van der Waals surface area contributed by atoms with E-state index >= 15 is 0 Å². The van der Waals surface area contributed by atoms with E-state index in [0.717, 1.165) is 0 Å². The Balaban J connectivity index is 2.37. The highest BCUT2D eigenvalue weighted by molar-refractivity contribution is 5.77. The first-order valence-corrected chi connectivity index (χ1v) is 5.94. The molecule has 0 bridgehead atoms. The SMILES string of the molecule is CCOCCCn1c(=O)oc(=O)c2ccccc21. The summed E-state index contributed by atoms with van der Waals surface area (Å²) in [6.45, 7) is 3.63. The largest absolute Gasteiger partial charge is 0.422 e. The maximum atomic E-state index is 11.7. The minimum atomic E-state index is -0.616. The molecule has 0 radical (unpaired) electrons. The molecule has 0 unspecified atom stereocenters. The van der Waals surface area contributed by atoms with Crippen molar-refractivity contribution < 1.29 is 9.15 Å². The Morgan fingerprint density at radius 3 is 2.83 bits per heavy atom. The van der Waals surface area contributed by atoms with Gasteiger partial charge in [0.05, 0.1) is 10.9 Å². The van der Waals surface area contributed by atoms with Crippen molar-refractivity contribution in [2.24, 2.45) is 0 Å². The summed E-state index contributed by atoms with van der Waals surface area (Å²) in [5, 5.41) is 0.425. The highest BCUT2D eigenvalue weighted by Gasteiger charge is 2.07. The Kier molecular flexibility index (Phi) is 3.94. The molecule has 0 atom stereocenters. The molecule has 1 aromatic heterocycles. The molecule has 0 spiro atoms. The number of aromatic nitrogens is 1. The fourth-order valence-corrected chi connectivity index (χ4v) is 1.85. The molecule has 0 aliphatic rings. The molecule has 0 amide bonds. The predicted molar refractivity (Wildman–Crippen MR) is 67.9 cm³/mol. The molecule has 0 fully saturated rings. The molecule has 18 heavy (non-hydrogen) atoms. The van der Waals surface area contributed by atoms with Crippen LogP contribution in [0.3, 0.4) is 0 Å². The van der Waals surface area contributed by atoms with Gasteiger partial charge in [0.1, 0.15) is 0 Å². The van der Waals surface area contributed by atoms with Gasteiger partial charge in [0.15, 0.2) is 0 Å². The van der Waals surface area contributed by atoms with Gasteiger partial charge in [-0.2, -0.15) is 0 Å². The van der Waals surface area contributed by atoms with Gasteiger partial charge in [-0.05, 0) is 25.5 Å². The smallest absolute Gasteiger partial charge is 0.382 e. The monoisotopic (exact) mass is 249 g/mol. The van der Waals surface area contributed by atoms with Gasteiger partial charge in [0.25, 0.3) is 0 Å². The zero-order valence-electron chi connectivity index (χ0n) is 10.2. The first-order chi connectivity index (χ1) is 8.74. The highest BCUT2D eigenvalue weighted by Crippen LogP contribution is 2.07. The number of benzene rings is 1. The standard InChI is InChI=1S/C13H15NO4/c1-2-17-9-5-8-14-11-7-4-3-6-10(11)12(15)18-13(14)16/h3-4,6-7H,2,5,8-9H2,1H3. The lowest BCUT2D eigenvalue weighted by molar-refractivity contribution is 0.141. The summed E-state index contributed by atoms with van der Waals surface area (Å²) < 4.78 is 11.4. The molecule has 5 heteroatoms.